The Kier molecular flexibility index (Phi) is 3.94. The summed E-state index contributed by atoms with van der Waals surface area (Å²) in [5, 5.41) is 0.532. The molecule has 1 unspecified atom stereocenters. The van der Waals surface area contributed by atoms with Crippen LogP contribution in [-0.2, 0) is 0 Å². The number of hydrogen-bond acceptors (Lipinski definition) is 3. The van der Waals surface area contributed by atoms with Gasteiger partial charge in [0.1, 0.15) is 10.9 Å². The highest BCUT2D eigenvalue weighted by Gasteiger charge is 2.31. The second kappa shape index (κ2) is 5.68. The van der Waals surface area contributed by atoms with Gasteiger partial charge >= 0.3 is 0 Å². The van der Waals surface area contributed by atoms with Crippen molar-refractivity contribution in [1.29, 1.82) is 0 Å². The highest BCUT2D eigenvalue weighted by molar-refractivity contribution is 6.29. The van der Waals surface area contributed by atoms with Crippen molar-refractivity contribution < 1.29 is 4.74 Å². The van der Waals surface area contributed by atoms with Gasteiger partial charge < -0.3 is 4.74 Å². The molecule has 0 bridgehead atoms. The van der Waals surface area contributed by atoms with Gasteiger partial charge in [0.25, 0.3) is 0 Å². The number of aromatic nitrogens is 1. The van der Waals surface area contributed by atoms with Crippen LogP contribution in [0.2, 0.25) is 5.15 Å². The number of nitrogens with zero attached hydrogens (tertiary/aromatic N) is 2. The Balaban J connectivity index is 1.71. The predicted octanol–water partition coefficient (Wildman–Crippen LogP) is 3.64. The van der Waals surface area contributed by atoms with Gasteiger partial charge in [-0.15, -0.1) is 0 Å². The second-order valence-electron chi connectivity index (χ2n) is 5.71. The van der Waals surface area contributed by atoms with Gasteiger partial charge in [0.15, 0.2) is 6.23 Å². The minimum Gasteiger partial charge on any atom is -0.473 e. The van der Waals surface area contributed by atoms with Crippen molar-refractivity contribution >= 4 is 11.6 Å². The maximum absolute atomic E-state index is 6.24. The van der Waals surface area contributed by atoms with E-state index < -0.39 is 0 Å². The molecule has 1 saturated heterocycles. The summed E-state index contributed by atoms with van der Waals surface area (Å²) in [4.78, 5) is 6.75. The van der Waals surface area contributed by atoms with Crippen LogP contribution in [0.5, 0.6) is 5.75 Å². The van der Waals surface area contributed by atoms with Crippen LogP contribution >= 0.6 is 11.6 Å². The standard InChI is InChI=1S/C15H21ClN2O/c1-11-13(6-7-14(16)17-11)19-15(10-12-4-5-12)18-8-2-3-9-18/h6-7,12,15H,2-5,8-10H2,1H3. The lowest BCUT2D eigenvalue weighted by atomic mass is 10.2. The predicted molar refractivity (Wildman–Crippen MR) is 76.5 cm³/mol. The Morgan fingerprint density at radius 3 is 2.74 bits per heavy atom. The van der Waals surface area contributed by atoms with Crippen molar-refractivity contribution in [3.8, 4) is 5.75 Å². The fourth-order valence-electron chi connectivity index (χ4n) is 2.73. The normalized spacial score (nSPS) is 21.6. The van der Waals surface area contributed by atoms with E-state index in [1.807, 2.05) is 19.1 Å². The number of aryl methyl sites for hydroxylation is 1. The summed E-state index contributed by atoms with van der Waals surface area (Å²) in [5.74, 6) is 1.74. The van der Waals surface area contributed by atoms with Crippen molar-refractivity contribution in [3.05, 3.63) is 23.0 Å². The molecular weight excluding hydrogens is 260 g/mol. The molecule has 0 spiro atoms. The van der Waals surface area contributed by atoms with Crippen molar-refractivity contribution in [2.45, 2.75) is 45.3 Å². The van der Waals surface area contributed by atoms with E-state index >= 15 is 0 Å². The third-order valence-corrected chi connectivity index (χ3v) is 4.26. The first-order valence-corrected chi connectivity index (χ1v) is 7.64. The van der Waals surface area contributed by atoms with Crippen LogP contribution in [0.4, 0.5) is 0 Å². The fraction of sp³-hybridized carbons (Fsp3) is 0.667. The van der Waals surface area contributed by atoms with E-state index in [4.69, 9.17) is 16.3 Å². The van der Waals surface area contributed by atoms with Gasteiger partial charge in [-0.05, 0) is 50.7 Å². The molecule has 1 aromatic heterocycles. The zero-order valence-corrected chi connectivity index (χ0v) is 12.2. The van der Waals surface area contributed by atoms with E-state index in [-0.39, 0.29) is 6.23 Å². The zero-order valence-electron chi connectivity index (χ0n) is 11.4. The minimum absolute atomic E-state index is 0.219. The zero-order chi connectivity index (χ0) is 13.2. The van der Waals surface area contributed by atoms with E-state index in [1.54, 1.807) is 0 Å². The van der Waals surface area contributed by atoms with Crippen LogP contribution in [0.3, 0.4) is 0 Å². The summed E-state index contributed by atoms with van der Waals surface area (Å²) >= 11 is 5.90. The van der Waals surface area contributed by atoms with E-state index in [0.29, 0.717) is 5.15 Å². The second-order valence-corrected chi connectivity index (χ2v) is 6.10. The number of likely N-dealkylation sites (tertiary alicyclic amines) is 1. The van der Waals surface area contributed by atoms with E-state index in [1.165, 1.54) is 25.7 Å². The van der Waals surface area contributed by atoms with Gasteiger partial charge in [0, 0.05) is 19.5 Å². The fourth-order valence-corrected chi connectivity index (χ4v) is 2.92. The summed E-state index contributed by atoms with van der Waals surface area (Å²) in [6, 6.07) is 3.75. The van der Waals surface area contributed by atoms with Crippen molar-refractivity contribution in [2.24, 2.45) is 5.92 Å². The van der Waals surface area contributed by atoms with Crippen LogP contribution in [0.1, 0.15) is 37.8 Å². The summed E-state index contributed by atoms with van der Waals surface area (Å²) in [6.45, 7) is 4.29. The first kappa shape index (κ1) is 13.2. The number of halogens is 1. The molecule has 104 valence electrons. The van der Waals surface area contributed by atoms with E-state index in [9.17, 15) is 0 Å². The Morgan fingerprint density at radius 2 is 2.11 bits per heavy atom. The molecule has 1 aliphatic heterocycles. The van der Waals surface area contributed by atoms with Gasteiger partial charge in [0.2, 0.25) is 0 Å². The SMILES string of the molecule is Cc1nc(Cl)ccc1OC(CC1CC1)N1CCCC1. The largest absolute Gasteiger partial charge is 0.473 e. The quantitative estimate of drug-likeness (QED) is 0.770. The van der Waals surface area contributed by atoms with Crippen LogP contribution < -0.4 is 4.74 Å². The van der Waals surface area contributed by atoms with Crippen LogP contribution in [0.15, 0.2) is 12.1 Å². The summed E-state index contributed by atoms with van der Waals surface area (Å²) in [6.07, 6.45) is 6.70. The first-order valence-electron chi connectivity index (χ1n) is 7.26. The van der Waals surface area contributed by atoms with Crippen molar-refractivity contribution in [1.82, 2.24) is 9.88 Å². The Labute approximate surface area is 119 Å². The van der Waals surface area contributed by atoms with Crippen LogP contribution in [0.25, 0.3) is 0 Å². The molecule has 1 aliphatic carbocycles. The lowest BCUT2D eigenvalue weighted by Gasteiger charge is -2.28. The van der Waals surface area contributed by atoms with Gasteiger partial charge in [0.05, 0.1) is 5.69 Å². The highest BCUT2D eigenvalue weighted by Crippen LogP contribution is 2.36. The number of ether oxygens (including phenoxy) is 1. The molecule has 1 aromatic rings. The monoisotopic (exact) mass is 280 g/mol. The van der Waals surface area contributed by atoms with Gasteiger partial charge in [-0.25, -0.2) is 4.98 Å². The molecule has 2 aliphatic rings. The summed E-state index contributed by atoms with van der Waals surface area (Å²) in [5.41, 5.74) is 0.882. The molecule has 1 atom stereocenters. The molecule has 1 saturated carbocycles. The Bertz CT molecular complexity index is 442. The molecule has 2 fully saturated rings. The maximum Gasteiger partial charge on any atom is 0.153 e. The van der Waals surface area contributed by atoms with Crippen LogP contribution in [-0.4, -0.2) is 29.2 Å². The van der Waals surface area contributed by atoms with E-state index in [2.05, 4.69) is 9.88 Å². The molecule has 0 radical (unpaired) electrons. The summed E-state index contributed by atoms with van der Waals surface area (Å²) < 4.78 is 6.24. The molecule has 3 nitrogen and oxygen atoms in total. The maximum atomic E-state index is 6.24. The average Bonchev–Trinajstić information content (AvgIpc) is 3.03. The van der Waals surface area contributed by atoms with Crippen molar-refractivity contribution in [3.63, 3.8) is 0 Å². The van der Waals surface area contributed by atoms with Crippen LogP contribution in [0, 0.1) is 12.8 Å². The number of pyridine rings is 1. The lowest BCUT2D eigenvalue weighted by Crippen LogP contribution is -2.38. The molecule has 4 heteroatoms. The minimum atomic E-state index is 0.219. The number of rotatable bonds is 5. The molecule has 19 heavy (non-hydrogen) atoms. The Morgan fingerprint density at radius 1 is 1.37 bits per heavy atom. The van der Waals surface area contributed by atoms with Crippen molar-refractivity contribution in [2.75, 3.05) is 13.1 Å². The van der Waals surface area contributed by atoms with Gasteiger partial charge in [-0.2, -0.15) is 0 Å². The Hall–Kier alpha value is -0.800. The number of hydrogen-bond donors (Lipinski definition) is 0. The molecule has 2 heterocycles. The van der Waals surface area contributed by atoms with E-state index in [0.717, 1.165) is 36.9 Å². The third-order valence-electron chi connectivity index (χ3n) is 4.05. The highest BCUT2D eigenvalue weighted by atomic mass is 35.5. The van der Waals surface area contributed by atoms with Gasteiger partial charge in [-0.1, -0.05) is 11.6 Å². The van der Waals surface area contributed by atoms with Gasteiger partial charge in [-0.3, -0.25) is 4.90 Å². The first-order chi connectivity index (χ1) is 9.22. The average molecular weight is 281 g/mol. The third kappa shape index (κ3) is 3.40. The topological polar surface area (TPSA) is 25.4 Å². The smallest absolute Gasteiger partial charge is 0.153 e. The molecule has 3 rings (SSSR count). The molecule has 0 amide bonds. The lowest BCUT2D eigenvalue weighted by molar-refractivity contribution is 0.0309. The molecule has 0 aromatic carbocycles. The molecule has 0 N–H and O–H groups in total. The summed E-state index contributed by atoms with van der Waals surface area (Å²) in [7, 11) is 0. The molecular formula is C15H21ClN2O.